The van der Waals surface area contributed by atoms with Gasteiger partial charge in [0.15, 0.2) is 6.61 Å². The van der Waals surface area contributed by atoms with Crippen molar-refractivity contribution in [1.29, 1.82) is 0 Å². The second-order valence-corrected chi connectivity index (χ2v) is 7.27. The standard InChI is InChI=1S/C17H22INO3/c1-11-4-3-5-15(12(11)2)19-16(20)10-22-17(21)13-6-8-14(18)9-7-13/h6-9,11-12,15H,3-5,10H2,1-2H3,(H,19,20)/t11-,12+,15-/m1/s1. The number of nitrogens with one attached hydrogen (secondary N) is 1. The first-order valence-electron chi connectivity index (χ1n) is 7.69. The van der Waals surface area contributed by atoms with Gasteiger partial charge in [0.25, 0.3) is 5.91 Å². The summed E-state index contributed by atoms with van der Waals surface area (Å²) < 4.78 is 6.13. The lowest BCUT2D eigenvalue weighted by Crippen LogP contribution is -2.45. The van der Waals surface area contributed by atoms with Gasteiger partial charge in [-0.05, 0) is 65.1 Å². The van der Waals surface area contributed by atoms with Gasteiger partial charge in [0.1, 0.15) is 0 Å². The summed E-state index contributed by atoms with van der Waals surface area (Å²) in [6.45, 7) is 4.18. The Bertz CT molecular complexity index is 529. The highest BCUT2D eigenvalue weighted by molar-refractivity contribution is 14.1. The zero-order chi connectivity index (χ0) is 16.1. The molecule has 1 aromatic carbocycles. The van der Waals surface area contributed by atoms with Crippen LogP contribution in [0.2, 0.25) is 0 Å². The number of halogens is 1. The highest BCUT2D eigenvalue weighted by Crippen LogP contribution is 2.29. The number of hydrogen-bond acceptors (Lipinski definition) is 3. The molecule has 5 heteroatoms. The van der Waals surface area contributed by atoms with Crippen LogP contribution < -0.4 is 5.32 Å². The van der Waals surface area contributed by atoms with E-state index in [0.717, 1.165) is 16.4 Å². The van der Waals surface area contributed by atoms with E-state index in [1.165, 1.54) is 6.42 Å². The Kier molecular flexibility index (Phi) is 6.23. The van der Waals surface area contributed by atoms with Crippen molar-refractivity contribution in [1.82, 2.24) is 5.32 Å². The van der Waals surface area contributed by atoms with Crippen LogP contribution in [0.3, 0.4) is 0 Å². The molecule has 1 amide bonds. The summed E-state index contributed by atoms with van der Waals surface area (Å²) in [7, 11) is 0. The zero-order valence-electron chi connectivity index (χ0n) is 13.0. The van der Waals surface area contributed by atoms with Crippen LogP contribution in [0.15, 0.2) is 24.3 Å². The number of esters is 1. The molecular weight excluding hydrogens is 393 g/mol. The lowest BCUT2D eigenvalue weighted by Gasteiger charge is -2.34. The molecule has 1 saturated carbocycles. The van der Waals surface area contributed by atoms with Crippen molar-refractivity contribution >= 4 is 34.5 Å². The summed E-state index contributed by atoms with van der Waals surface area (Å²) in [5.74, 6) is 0.402. The van der Waals surface area contributed by atoms with Crippen LogP contribution in [0, 0.1) is 15.4 Å². The molecule has 0 aliphatic heterocycles. The number of hydrogen-bond donors (Lipinski definition) is 1. The van der Waals surface area contributed by atoms with Crippen molar-refractivity contribution in [2.75, 3.05) is 6.61 Å². The van der Waals surface area contributed by atoms with Gasteiger partial charge in [0.05, 0.1) is 5.56 Å². The molecule has 1 aliphatic carbocycles. The first kappa shape index (κ1) is 17.2. The van der Waals surface area contributed by atoms with E-state index in [2.05, 4.69) is 41.8 Å². The second kappa shape index (κ2) is 7.94. The molecule has 1 aromatic rings. The SMILES string of the molecule is C[C@H]1[C@H](C)CCC[C@H]1NC(=O)COC(=O)c1ccc(I)cc1. The average Bonchev–Trinajstić information content (AvgIpc) is 2.50. The molecule has 1 fully saturated rings. The van der Waals surface area contributed by atoms with Crippen molar-refractivity contribution in [2.24, 2.45) is 11.8 Å². The monoisotopic (exact) mass is 415 g/mol. The molecule has 0 unspecified atom stereocenters. The maximum absolute atomic E-state index is 12.0. The molecule has 120 valence electrons. The predicted molar refractivity (Wildman–Crippen MR) is 93.6 cm³/mol. The number of carbonyl (C=O) groups excluding carboxylic acids is 2. The molecule has 0 bridgehead atoms. The Labute approximate surface area is 145 Å². The average molecular weight is 415 g/mol. The summed E-state index contributed by atoms with van der Waals surface area (Å²) in [6, 6.07) is 7.26. The molecule has 4 nitrogen and oxygen atoms in total. The number of amides is 1. The molecule has 0 aromatic heterocycles. The van der Waals surface area contributed by atoms with Gasteiger partial charge < -0.3 is 10.1 Å². The Morgan fingerprint density at radius 3 is 2.59 bits per heavy atom. The Hall–Kier alpha value is -1.11. The molecule has 1 N–H and O–H groups in total. The summed E-state index contributed by atoms with van der Waals surface area (Å²) in [6.07, 6.45) is 3.36. The lowest BCUT2D eigenvalue weighted by molar-refractivity contribution is -0.125. The number of rotatable bonds is 4. The number of carbonyl (C=O) groups is 2. The zero-order valence-corrected chi connectivity index (χ0v) is 15.1. The Morgan fingerprint density at radius 1 is 1.23 bits per heavy atom. The fourth-order valence-electron chi connectivity index (χ4n) is 2.83. The third kappa shape index (κ3) is 4.69. The minimum Gasteiger partial charge on any atom is -0.452 e. The van der Waals surface area contributed by atoms with E-state index in [-0.39, 0.29) is 18.6 Å². The molecule has 0 heterocycles. The molecule has 0 radical (unpaired) electrons. The molecule has 0 saturated heterocycles. The molecule has 1 aliphatic rings. The highest BCUT2D eigenvalue weighted by Gasteiger charge is 2.28. The summed E-state index contributed by atoms with van der Waals surface area (Å²) in [4.78, 5) is 23.8. The van der Waals surface area contributed by atoms with Gasteiger partial charge in [-0.15, -0.1) is 0 Å². The highest BCUT2D eigenvalue weighted by atomic mass is 127. The third-order valence-electron chi connectivity index (χ3n) is 4.47. The van der Waals surface area contributed by atoms with E-state index in [9.17, 15) is 9.59 Å². The van der Waals surface area contributed by atoms with Gasteiger partial charge >= 0.3 is 5.97 Å². The Morgan fingerprint density at radius 2 is 1.91 bits per heavy atom. The van der Waals surface area contributed by atoms with Crippen molar-refractivity contribution in [3.8, 4) is 0 Å². The first-order valence-corrected chi connectivity index (χ1v) is 8.77. The van der Waals surface area contributed by atoms with Crippen LogP contribution in [-0.2, 0) is 9.53 Å². The van der Waals surface area contributed by atoms with Crippen molar-refractivity contribution in [2.45, 2.75) is 39.2 Å². The normalized spacial score (nSPS) is 24.6. The van der Waals surface area contributed by atoms with Gasteiger partial charge in [-0.25, -0.2) is 4.79 Å². The van der Waals surface area contributed by atoms with Gasteiger partial charge in [-0.2, -0.15) is 0 Å². The van der Waals surface area contributed by atoms with Crippen LogP contribution in [-0.4, -0.2) is 24.5 Å². The molecule has 0 spiro atoms. The van der Waals surface area contributed by atoms with E-state index < -0.39 is 5.97 Å². The lowest BCUT2D eigenvalue weighted by atomic mass is 9.78. The maximum atomic E-state index is 12.0. The van der Waals surface area contributed by atoms with Crippen molar-refractivity contribution in [3.05, 3.63) is 33.4 Å². The van der Waals surface area contributed by atoms with E-state index in [0.29, 0.717) is 17.4 Å². The van der Waals surface area contributed by atoms with Gasteiger partial charge in [0, 0.05) is 9.61 Å². The topological polar surface area (TPSA) is 55.4 Å². The maximum Gasteiger partial charge on any atom is 0.338 e. The van der Waals surface area contributed by atoms with Crippen LogP contribution in [0.1, 0.15) is 43.5 Å². The van der Waals surface area contributed by atoms with Crippen LogP contribution in [0.5, 0.6) is 0 Å². The summed E-state index contributed by atoms with van der Waals surface area (Å²) >= 11 is 2.17. The fourth-order valence-corrected chi connectivity index (χ4v) is 3.19. The third-order valence-corrected chi connectivity index (χ3v) is 5.19. The van der Waals surface area contributed by atoms with Gasteiger partial charge in [-0.1, -0.05) is 26.7 Å². The molecule has 2 rings (SSSR count). The fraction of sp³-hybridized carbons (Fsp3) is 0.529. The van der Waals surface area contributed by atoms with Crippen LogP contribution >= 0.6 is 22.6 Å². The largest absolute Gasteiger partial charge is 0.452 e. The minimum absolute atomic E-state index is 0.188. The Balaban J connectivity index is 1.80. The quantitative estimate of drug-likeness (QED) is 0.606. The van der Waals surface area contributed by atoms with Crippen molar-refractivity contribution in [3.63, 3.8) is 0 Å². The summed E-state index contributed by atoms with van der Waals surface area (Å²) in [5, 5.41) is 3.00. The van der Waals surface area contributed by atoms with Gasteiger partial charge in [-0.3, -0.25) is 4.79 Å². The second-order valence-electron chi connectivity index (χ2n) is 6.02. The number of benzene rings is 1. The van der Waals surface area contributed by atoms with E-state index in [1.54, 1.807) is 12.1 Å². The van der Waals surface area contributed by atoms with Gasteiger partial charge in [0.2, 0.25) is 0 Å². The predicted octanol–water partition coefficient (Wildman–Crippen LogP) is 3.39. The van der Waals surface area contributed by atoms with E-state index in [4.69, 9.17) is 4.74 Å². The van der Waals surface area contributed by atoms with Crippen molar-refractivity contribution < 1.29 is 14.3 Å². The smallest absolute Gasteiger partial charge is 0.338 e. The molecular formula is C17H22INO3. The van der Waals surface area contributed by atoms with E-state index >= 15 is 0 Å². The summed E-state index contributed by atoms with van der Waals surface area (Å²) in [5.41, 5.74) is 0.466. The minimum atomic E-state index is -0.461. The van der Waals surface area contributed by atoms with Crippen LogP contribution in [0.25, 0.3) is 0 Å². The number of ether oxygens (including phenoxy) is 1. The van der Waals surface area contributed by atoms with E-state index in [1.807, 2.05) is 12.1 Å². The molecule has 22 heavy (non-hydrogen) atoms. The first-order chi connectivity index (χ1) is 10.5. The van der Waals surface area contributed by atoms with Crippen LogP contribution in [0.4, 0.5) is 0 Å². The molecule has 3 atom stereocenters.